The molecule has 0 aliphatic carbocycles. The maximum Gasteiger partial charge on any atom is 0.261 e. The Kier molecular flexibility index (Phi) is 5.33. The largest absolute Gasteiger partial charge is 0.379 e. The number of nitrogens with one attached hydrogen (secondary N) is 1. The molecule has 0 radical (unpaired) electrons. The van der Waals surface area contributed by atoms with Crippen LogP contribution in [0.15, 0.2) is 48.7 Å². The summed E-state index contributed by atoms with van der Waals surface area (Å²) in [5.41, 5.74) is 1.15. The molecule has 2 heterocycles. The Balaban J connectivity index is 1.62. The van der Waals surface area contributed by atoms with Crippen LogP contribution in [0.4, 0.5) is 0 Å². The molecule has 0 unspecified atom stereocenters. The average Bonchev–Trinajstić information content (AvgIpc) is 3.20. The maximum atomic E-state index is 12.2. The van der Waals surface area contributed by atoms with Crippen molar-refractivity contribution in [1.29, 1.82) is 0 Å². The molecule has 0 saturated heterocycles. The molecule has 3 aromatic rings. The topological polar surface area (TPSA) is 43.3 Å². The van der Waals surface area contributed by atoms with Crippen LogP contribution in [-0.4, -0.2) is 29.7 Å². The molecule has 0 fully saturated rings. The molecular weight excluding hydrogens is 320 g/mol. The molecule has 1 amide bonds. The second-order valence-corrected chi connectivity index (χ2v) is 6.97. The third-order valence-corrected chi connectivity index (χ3v) is 4.79. The van der Waals surface area contributed by atoms with E-state index in [2.05, 4.69) is 28.1 Å². The fraction of sp³-hybridized carbons (Fsp3) is 0.316. The Morgan fingerprint density at radius 1 is 1.21 bits per heavy atom. The van der Waals surface area contributed by atoms with Crippen LogP contribution < -0.4 is 5.32 Å². The standard InChI is InChI=1S/C19H22N2O2S/c1-14(2)23-13-5-11-20-19(22)17-8-9-18(24-17)21-12-10-15-6-3-4-7-16(15)21/h3-4,6-10,12,14H,5,11,13H2,1-2H3,(H,20,22). The van der Waals surface area contributed by atoms with Gasteiger partial charge in [0.2, 0.25) is 0 Å². The first kappa shape index (κ1) is 16.7. The van der Waals surface area contributed by atoms with Crippen molar-refractivity contribution in [2.45, 2.75) is 26.4 Å². The number of thiophene rings is 1. The molecule has 0 atom stereocenters. The lowest BCUT2D eigenvalue weighted by Crippen LogP contribution is -2.24. The number of fused-ring (bicyclic) bond motifs is 1. The number of carbonyl (C=O) groups is 1. The van der Waals surface area contributed by atoms with Gasteiger partial charge in [0, 0.05) is 19.3 Å². The van der Waals surface area contributed by atoms with Crippen LogP contribution in [0.1, 0.15) is 29.9 Å². The van der Waals surface area contributed by atoms with E-state index in [9.17, 15) is 4.79 Å². The summed E-state index contributed by atoms with van der Waals surface area (Å²) in [7, 11) is 0. The van der Waals surface area contributed by atoms with Gasteiger partial charge in [-0.15, -0.1) is 11.3 Å². The lowest BCUT2D eigenvalue weighted by atomic mass is 10.2. The van der Waals surface area contributed by atoms with E-state index in [1.165, 1.54) is 16.7 Å². The van der Waals surface area contributed by atoms with E-state index in [1.54, 1.807) is 0 Å². The van der Waals surface area contributed by atoms with E-state index in [-0.39, 0.29) is 12.0 Å². The van der Waals surface area contributed by atoms with Crippen molar-refractivity contribution < 1.29 is 9.53 Å². The van der Waals surface area contributed by atoms with Gasteiger partial charge in [-0.3, -0.25) is 4.79 Å². The van der Waals surface area contributed by atoms with Crippen LogP contribution in [-0.2, 0) is 4.74 Å². The monoisotopic (exact) mass is 342 g/mol. The number of carbonyl (C=O) groups excluding carboxylic acids is 1. The maximum absolute atomic E-state index is 12.2. The number of amides is 1. The molecule has 3 rings (SSSR count). The Hall–Kier alpha value is -2.11. The van der Waals surface area contributed by atoms with Crippen molar-refractivity contribution in [3.8, 4) is 5.00 Å². The first-order valence-electron chi connectivity index (χ1n) is 8.21. The zero-order valence-corrected chi connectivity index (χ0v) is 14.8. The lowest BCUT2D eigenvalue weighted by Gasteiger charge is -2.07. The molecule has 0 aliphatic rings. The molecule has 0 bridgehead atoms. The van der Waals surface area contributed by atoms with Crippen LogP contribution in [0.3, 0.4) is 0 Å². The van der Waals surface area contributed by atoms with Gasteiger partial charge in [0.15, 0.2) is 0 Å². The van der Waals surface area contributed by atoms with Crippen LogP contribution in [0.2, 0.25) is 0 Å². The minimum Gasteiger partial charge on any atom is -0.379 e. The molecule has 0 aliphatic heterocycles. The summed E-state index contributed by atoms with van der Waals surface area (Å²) >= 11 is 1.50. The normalized spacial score (nSPS) is 11.3. The highest BCUT2D eigenvalue weighted by Gasteiger charge is 2.11. The third kappa shape index (κ3) is 3.86. The summed E-state index contributed by atoms with van der Waals surface area (Å²) in [6.07, 6.45) is 3.10. The molecule has 1 aromatic carbocycles. The first-order chi connectivity index (χ1) is 11.6. The highest BCUT2D eigenvalue weighted by atomic mass is 32.1. The van der Waals surface area contributed by atoms with Crippen molar-refractivity contribution in [3.05, 3.63) is 53.5 Å². The summed E-state index contributed by atoms with van der Waals surface area (Å²) < 4.78 is 7.59. The summed E-state index contributed by atoms with van der Waals surface area (Å²) in [4.78, 5) is 13.0. The summed E-state index contributed by atoms with van der Waals surface area (Å²) in [6.45, 7) is 5.32. The highest BCUT2D eigenvalue weighted by molar-refractivity contribution is 7.16. The van der Waals surface area contributed by atoms with Crippen molar-refractivity contribution in [2.75, 3.05) is 13.2 Å². The van der Waals surface area contributed by atoms with Gasteiger partial charge in [-0.2, -0.15) is 0 Å². The number of nitrogens with zero attached hydrogens (tertiary/aromatic N) is 1. The highest BCUT2D eigenvalue weighted by Crippen LogP contribution is 2.26. The molecule has 2 aromatic heterocycles. The predicted octanol–water partition coefficient (Wildman–Crippen LogP) is 4.24. The van der Waals surface area contributed by atoms with E-state index in [4.69, 9.17) is 4.74 Å². The number of rotatable bonds is 7. The zero-order valence-electron chi connectivity index (χ0n) is 14.0. The number of hydrogen-bond acceptors (Lipinski definition) is 3. The van der Waals surface area contributed by atoms with Crippen molar-refractivity contribution in [1.82, 2.24) is 9.88 Å². The second kappa shape index (κ2) is 7.64. The number of aromatic nitrogens is 1. The first-order valence-corrected chi connectivity index (χ1v) is 9.03. The van der Waals surface area contributed by atoms with E-state index < -0.39 is 0 Å². The fourth-order valence-corrected chi connectivity index (χ4v) is 3.45. The number of benzene rings is 1. The molecule has 24 heavy (non-hydrogen) atoms. The van der Waals surface area contributed by atoms with E-state index in [0.29, 0.717) is 13.2 Å². The quantitative estimate of drug-likeness (QED) is 0.653. The van der Waals surface area contributed by atoms with Gasteiger partial charge in [0.25, 0.3) is 5.91 Å². The van der Waals surface area contributed by atoms with Gasteiger partial charge in [0.05, 0.1) is 16.5 Å². The molecule has 5 heteroatoms. The van der Waals surface area contributed by atoms with Crippen LogP contribution in [0, 0.1) is 0 Å². The SMILES string of the molecule is CC(C)OCCCNC(=O)c1ccc(-n2ccc3ccccc32)s1. The Morgan fingerprint density at radius 2 is 2.04 bits per heavy atom. The Bertz CT molecular complexity index is 820. The zero-order chi connectivity index (χ0) is 16.9. The van der Waals surface area contributed by atoms with Gasteiger partial charge in [0.1, 0.15) is 5.00 Å². The predicted molar refractivity (Wildman–Crippen MR) is 99.2 cm³/mol. The molecular formula is C19H22N2O2S. The van der Waals surface area contributed by atoms with Crippen LogP contribution in [0.25, 0.3) is 15.9 Å². The average molecular weight is 342 g/mol. The minimum atomic E-state index is -0.0211. The second-order valence-electron chi connectivity index (χ2n) is 5.91. The third-order valence-electron chi connectivity index (χ3n) is 3.71. The number of ether oxygens (including phenoxy) is 1. The smallest absolute Gasteiger partial charge is 0.261 e. The van der Waals surface area contributed by atoms with Crippen molar-refractivity contribution in [2.24, 2.45) is 0 Å². The van der Waals surface area contributed by atoms with Gasteiger partial charge < -0.3 is 14.6 Å². The van der Waals surface area contributed by atoms with Gasteiger partial charge in [-0.1, -0.05) is 18.2 Å². The molecule has 1 N–H and O–H groups in total. The molecule has 0 saturated carbocycles. The van der Waals surface area contributed by atoms with E-state index in [0.717, 1.165) is 21.8 Å². The minimum absolute atomic E-state index is 0.0211. The van der Waals surface area contributed by atoms with E-state index in [1.807, 2.05) is 44.3 Å². The summed E-state index contributed by atoms with van der Waals surface area (Å²) in [5.74, 6) is -0.0211. The number of hydrogen-bond donors (Lipinski definition) is 1. The van der Waals surface area contributed by atoms with Gasteiger partial charge in [-0.25, -0.2) is 0 Å². The number of para-hydroxylation sites is 1. The molecule has 126 valence electrons. The van der Waals surface area contributed by atoms with E-state index >= 15 is 0 Å². The van der Waals surface area contributed by atoms with Crippen LogP contribution in [0.5, 0.6) is 0 Å². The Morgan fingerprint density at radius 3 is 2.88 bits per heavy atom. The van der Waals surface area contributed by atoms with Crippen LogP contribution >= 0.6 is 11.3 Å². The van der Waals surface area contributed by atoms with Crippen molar-refractivity contribution >= 4 is 28.1 Å². The molecule has 4 nitrogen and oxygen atoms in total. The molecule has 0 spiro atoms. The lowest BCUT2D eigenvalue weighted by molar-refractivity contribution is 0.0757. The van der Waals surface area contributed by atoms with Gasteiger partial charge >= 0.3 is 0 Å². The summed E-state index contributed by atoms with van der Waals surface area (Å²) in [5, 5.41) is 5.19. The van der Waals surface area contributed by atoms with Crippen molar-refractivity contribution in [3.63, 3.8) is 0 Å². The Labute approximate surface area is 146 Å². The van der Waals surface area contributed by atoms with Gasteiger partial charge in [-0.05, 0) is 49.9 Å². The summed E-state index contributed by atoms with van der Waals surface area (Å²) in [6, 6.07) is 14.2. The fourth-order valence-electron chi connectivity index (χ4n) is 2.53.